The summed E-state index contributed by atoms with van der Waals surface area (Å²) in [6.45, 7) is 8.14. The summed E-state index contributed by atoms with van der Waals surface area (Å²) in [5.74, 6) is -0.401. The maximum Gasteiger partial charge on any atom is 0.338 e. The van der Waals surface area contributed by atoms with E-state index in [0.29, 0.717) is 17.8 Å². The number of benzene rings is 1. The third-order valence-corrected chi connectivity index (χ3v) is 5.79. The molecular formula is C22H25N3O3S. The van der Waals surface area contributed by atoms with Gasteiger partial charge in [-0.15, -0.1) is 0 Å². The maximum atomic E-state index is 12.9. The fraction of sp³-hybridized carbons (Fsp3) is 0.318. The first kappa shape index (κ1) is 20.9. The number of carbonyl (C=O) groups excluding carboxylic acids is 2. The van der Waals surface area contributed by atoms with Crippen molar-refractivity contribution >= 4 is 28.8 Å². The van der Waals surface area contributed by atoms with Gasteiger partial charge in [-0.2, -0.15) is 0 Å². The molecule has 0 fully saturated rings. The number of thioether (sulfide) groups is 1. The minimum absolute atomic E-state index is 0.0227. The number of amides is 1. The predicted molar refractivity (Wildman–Crippen MR) is 116 cm³/mol. The van der Waals surface area contributed by atoms with E-state index in [1.165, 1.54) is 11.8 Å². The second-order valence-corrected chi connectivity index (χ2v) is 7.61. The normalized spacial score (nSPS) is 18.0. The molecule has 1 aromatic rings. The molecule has 0 aromatic heterocycles. The summed E-state index contributed by atoms with van der Waals surface area (Å²) in [4.78, 5) is 33.8. The van der Waals surface area contributed by atoms with Gasteiger partial charge in [-0.05, 0) is 24.8 Å². The van der Waals surface area contributed by atoms with Crippen molar-refractivity contribution < 1.29 is 14.3 Å². The van der Waals surface area contributed by atoms with Crippen molar-refractivity contribution in [2.75, 3.05) is 20.2 Å². The minimum atomic E-state index is -0.424. The van der Waals surface area contributed by atoms with E-state index in [1.807, 2.05) is 54.5 Å². The molecule has 29 heavy (non-hydrogen) atoms. The van der Waals surface area contributed by atoms with Gasteiger partial charge in [0.25, 0.3) is 0 Å². The Morgan fingerprint density at radius 3 is 2.72 bits per heavy atom. The highest BCUT2D eigenvalue weighted by Gasteiger charge is 2.41. The van der Waals surface area contributed by atoms with Crippen molar-refractivity contribution in [2.24, 2.45) is 4.99 Å². The first-order valence-corrected chi connectivity index (χ1v) is 10.4. The van der Waals surface area contributed by atoms with Crippen LogP contribution in [0.2, 0.25) is 0 Å². The lowest BCUT2D eigenvalue weighted by molar-refractivity contribution is -0.138. The van der Waals surface area contributed by atoms with E-state index >= 15 is 0 Å². The van der Waals surface area contributed by atoms with Crippen LogP contribution in [-0.4, -0.2) is 47.0 Å². The molecule has 0 aliphatic carbocycles. The zero-order valence-electron chi connectivity index (χ0n) is 16.9. The van der Waals surface area contributed by atoms with E-state index in [9.17, 15) is 9.59 Å². The molecule has 1 aromatic carbocycles. The van der Waals surface area contributed by atoms with E-state index in [1.54, 1.807) is 18.0 Å². The molecule has 0 saturated heterocycles. The summed E-state index contributed by atoms with van der Waals surface area (Å²) >= 11 is 1.47. The van der Waals surface area contributed by atoms with Crippen LogP contribution >= 0.6 is 11.8 Å². The Morgan fingerprint density at radius 1 is 1.34 bits per heavy atom. The van der Waals surface area contributed by atoms with E-state index < -0.39 is 12.0 Å². The number of ether oxygens (including phenoxy) is 1. The number of fused-ring (bicyclic) bond motifs is 1. The monoisotopic (exact) mass is 411 g/mol. The molecule has 2 aliphatic heterocycles. The lowest BCUT2D eigenvalue weighted by Gasteiger charge is -2.36. The van der Waals surface area contributed by atoms with Crippen LogP contribution in [0.1, 0.15) is 31.9 Å². The summed E-state index contributed by atoms with van der Waals surface area (Å²) in [6.07, 6.45) is 1.78. The largest absolute Gasteiger partial charge is 0.458 e. The van der Waals surface area contributed by atoms with Crippen LogP contribution in [0.3, 0.4) is 0 Å². The fourth-order valence-electron chi connectivity index (χ4n) is 3.26. The van der Waals surface area contributed by atoms with Crippen molar-refractivity contribution in [1.29, 1.82) is 0 Å². The number of aliphatic imine (C=N–C) groups is 1. The Kier molecular flexibility index (Phi) is 6.59. The number of esters is 1. The molecular weight excluding hydrogens is 386 g/mol. The maximum absolute atomic E-state index is 12.9. The second-order valence-electron chi connectivity index (χ2n) is 6.78. The molecule has 1 unspecified atom stereocenters. The molecule has 0 spiro atoms. The van der Waals surface area contributed by atoms with Crippen molar-refractivity contribution in [2.45, 2.75) is 26.3 Å². The van der Waals surface area contributed by atoms with Gasteiger partial charge in [-0.1, -0.05) is 54.7 Å². The van der Waals surface area contributed by atoms with Crippen LogP contribution in [0.4, 0.5) is 0 Å². The Balaban J connectivity index is 2.02. The van der Waals surface area contributed by atoms with Gasteiger partial charge >= 0.3 is 5.97 Å². The Labute approximate surface area is 175 Å². The number of nitrogens with zero attached hydrogens (tertiary/aromatic N) is 3. The summed E-state index contributed by atoms with van der Waals surface area (Å²) in [7, 11) is 1.78. The molecule has 0 bridgehead atoms. The van der Waals surface area contributed by atoms with Gasteiger partial charge in [0.2, 0.25) is 5.91 Å². The van der Waals surface area contributed by atoms with Gasteiger partial charge < -0.3 is 14.5 Å². The summed E-state index contributed by atoms with van der Waals surface area (Å²) in [5, 5.41) is 2.71. The van der Waals surface area contributed by atoms with Gasteiger partial charge in [0.1, 0.15) is 6.61 Å². The number of carbonyl (C=O) groups is 2. The van der Waals surface area contributed by atoms with Crippen molar-refractivity contribution in [3.63, 3.8) is 0 Å². The van der Waals surface area contributed by atoms with Crippen LogP contribution in [0.15, 0.2) is 70.4 Å². The van der Waals surface area contributed by atoms with Gasteiger partial charge in [-0.25, -0.2) is 9.79 Å². The van der Waals surface area contributed by atoms with Crippen LogP contribution in [-0.2, 0) is 14.3 Å². The Bertz CT molecular complexity index is 905. The van der Waals surface area contributed by atoms with Gasteiger partial charge in [0.15, 0.2) is 5.17 Å². The first-order chi connectivity index (χ1) is 14.0. The fourth-order valence-corrected chi connectivity index (χ4v) is 4.22. The number of hydrogen-bond acceptors (Lipinski definition) is 6. The molecule has 7 heteroatoms. The summed E-state index contributed by atoms with van der Waals surface area (Å²) in [5.41, 5.74) is 2.87. The number of hydrogen-bond donors (Lipinski definition) is 0. The second kappa shape index (κ2) is 9.13. The summed E-state index contributed by atoms with van der Waals surface area (Å²) < 4.78 is 5.36. The third kappa shape index (κ3) is 4.29. The van der Waals surface area contributed by atoms with E-state index in [4.69, 9.17) is 4.74 Å². The molecule has 1 amide bonds. The average molecular weight is 412 g/mol. The molecule has 0 N–H and O–H groups in total. The standard InChI is InChI=1S/C22H25N3O3S/c1-5-12-28-21(27)19-15(3)23-22-25(20(19)16-10-8-7-9-11-16)17(14-29-22)13-18(26)24(4)6-2/h5,7-11,14,20H,1,6,12-13H2,2-4H3. The molecule has 2 heterocycles. The molecule has 0 saturated carbocycles. The zero-order chi connectivity index (χ0) is 21.0. The Hall–Kier alpha value is -2.80. The number of rotatable bonds is 7. The SMILES string of the molecule is C=CCOC(=O)C1=C(C)N=C2SC=C(CC(=O)N(C)CC)N2C1c1ccccc1. The highest BCUT2D eigenvalue weighted by Crippen LogP contribution is 2.44. The van der Waals surface area contributed by atoms with Crippen molar-refractivity contribution in [1.82, 2.24) is 9.80 Å². The van der Waals surface area contributed by atoms with Crippen LogP contribution < -0.4 is 0 Å². The molecule has 0 radical (unpaired) electrons. The zero-order valence-corrected chi connectivity index (χ0v) is 17.7. The van der Waals surface area contributed by atoms with Crippen LogP contribution in [0.25, 0.3) is 0 Å². The first-order valence-electron chi connectivity index (χ1n) is 9.49. The molecule has 2 aliphatic rings. The van der Waals surface area contributed by atoms with Gasteiger partial charge in [0, 0.05) is 19.3 Å². The quantitative estimate of drug-likeness (QED) is 0.504. The lowest BCUT2D eigenvalue weighted by atomic mass is 9.94. The minimum Gasteiger partial charge on any atom is -0.458 e. The number of allylic oxidation sites excluding steroid dienone is 1. The van der Waals surface area contributed by atoms with Gasteiger partial charge in [-0.3, -0.25) is 4.79 Å². The predicted octanol–water partition coefficient (Wildman–Crippen LogP) is 3.86. The highest BCUT2D eigenvalue weighted by atomic mass is 32.2. The summed E-state index contributed by atoms with van der Waals surface area (Å²) in [6, 6.07) is 9.35. The molecule has 6 nitrogen and oxygen atoms in total. The average Bonchev–Trinajstić information content (AvgIpc) is 3.12. The molecule has 1 atom stereocenters. The van der Waals surface area contributed by atoms with Gasteiger partial charge in [0.05, 0.1) is 23.7 Å². The van der Waals surface area contributed by atoms with E-state index in [0.717, 1.165) is 16.4 Å². The molecule has 3 rings (SSSR count). The van der Waals surface area contributed by atoms with E-state index in [2.05, 4.69) is 11.6 Å². The third-order valence-electron chi connectivity index (χ3n) is 4.90. The molecule has 152 valence electrons. The van der Waals surface area contributed by atoms with Crippen molar-refractivity contribution in [3.8, 4) is 0 Å². The topological polar surface area (TPSA) is 62.2 Å². The number of amidine groups is 1. The van der Waals surface area contributed by atoms with Crippen molar-refractivity contribution in [3.05, 3.63) is 70.9 Å². The lowest BCUT2D eigenvalue weighted by Crippen LogP contribution is -2.38. The van der Waals surface area contributed by atoms with Crippen LogP contribution in [0.5, 0.6) is 0 Å². The Morgan fingerprint density at radius 2 is 2.07 bits per heavy atom. The highest BCUT2D eigenvalue weighted by molar-refractivity contribution is 8.16. The van der Waals surface area contributed by atoms with Crippen LogP contribution in [0, 0.1) is 0 Å². The van der Waals surface area contributed by atoms with E-state index in [-0.39, 0.29) is 18.9 Å². The smallest absolute Gasteiger partial charge is 0.338 e.